The Bertz CT molecular complexity index is 785. The summed E-state index contributed by atoms with van der Waals surface area (Å²) in [7, 11) is 3.09. The number of carbonyl (C=O) groups is 1. The molecule has 2 rings (SSSR count). The Morgan fingerprint density at radius 1 is 1.00 bits per heavy atom. The molecule has 2 aromatic rings. The summed E-state index contributed by atoms with van der Waals surface area (Å²) in [5, 5.41) is 5.08. The zero-order valence-electron chi connectivity index (χ0n) is 14.4. The van der Waals surface area contributed by atoms with Crippen LogP contribution in [0, 0.1) is 17.5 Å². The second kappa shape index (κ2) is 9.10. The zero-order valence-corrected chi connectivity index (χ0v) is 14.4. The summed E-state index contributed by atoms with van der Waals surface area (Å²) < 4.78 is 49.8. The minimum Gasteiger partial charge on any atom is -0.493 e. The second-order valence-electron chi connectivity index (χ2n) is 5.39. The Morgan fingerprint density at radius 2 is 1.73 bits per heavy atom. The molecule has 0 aromatic heterocycles. The molecular formula is C18H19F3N2O3. The molecule has 0 atom stereocenters. The van der Waals surface area contributed by atoms with Gasteiger partial charge in [-0.3, -0.25) is 4.79 Å². The summed E-state index contributed by atoms with van der Waals surface area (Å²) in [6.07, 6.45) is 0.618. The third-order valence-electron chi connectivity index (χ3n) is 3.63. The number of hydrogen-bond donors (Lipinski definition) is 2. The molecule has 0 heterocycles. The maximum absolute atomic E-state index is 13.5. The molecular weight excluding hydrogens is 349 g/mol. The summed E-state index contributed by atoms with van der Waals surface area (Å²) >= 11 is 0. The van der Waals surface area contributed by atoms with Crippen molar-refractivity contribution in [3.8, 4) is 11.5 Å². The zero-order chi connectivity index (χ0) is 19.1. The summed E-state index contributed by atoms with van der Waals surface area (Å²) in [4.78, 5) is 11.8. The van der Waals surface area contributed by atoms with Crippen molar-refractivity contribution in [1.29, 1.82) is 0 Å². The van der Waals surface area contributed by atoms with Crippen LogP contribution in [0.2, 0.25) is 0 Å². The van der Waals surface area contributed by atoms with Gasteiger partial charge in [0.1, 0.15) is 0 Å². The number of carbonyl (C=O) groups excluding carboxylic acids is 1. The normalized spacial score (nSPS) is 10.5. The highest BCUT2D eigenvalue weighted by Gasteiger charge is 2.15. The van der Waals surface area contributed by atoms with Crippen LogP contribution in [0.25, 0.3) is 0 Å². The number of hydrogen-bond acceptors (Lipinski definition) is 4. The van der Waals surface area contributed by atoms with Crippen LogP contribution >= 0.6 is 0 Å². The maximum atomic E-state index is 13.5. The third kappa shape index (κ3) is 4.89. The fourth-order valence-corrected chi connectivity index (χ4v) is 2.29. The summed E-state index contributed by atoms with van der Waals surface area (Å²) in [5.74, 6) is -3.70. The van der Waals surface area contributed by atoms with E-state index in [2.05, 4.69) is 10.6 Å². The summed E-state index contributed by atoms with van der Waals surface area (Å²) in [5.41, 5.74) is 0.567. The molecule has 140 valence electrons. The van der Waals surface area contributed by atoms with Crippen molar-refractivity contribution in [1.82, 2.24) is 5.32 Å². The van der Waals surface area contributed by atoms with E-state index in [0.29, 0.717) is 24.5 Å². The van der Waals surface area contributed by atoms with Crippen LogP contribution in [0.1, 0.15) is 5.56 Å². The molecule has 0 aliphatic rings. The van der Waals surface area contributed by atoms with E-state index in [4.69, 9.17) is 9.47 Å². The van der Waals surface area contributed by atoms with Gasteiger partial charge < -0.3 is 20.1 Å². The van der Waals surface area contributed by atoms with Gasteiger partial charge >= 0.3 is 0 Å². The van der Waals surface area contributed by atoms with Crippen LogP contribution in [0.15, 0.2) is 30.3 Å². The van der Waals surface area contributed by atoms with Gasteiger partial charge in [-0.05, 0) is 42.8 Å². The highest BCUT2D eigenvalue weighted by atomic mass is 19.2. The minimum absolute atomic E-state index is 0.105. The van der Waals surface area contributed by atoms with Crippen molar-refractivity contribution < 1.29 is 27.4 Å². The van der Waals surface area contributed by atoms with Crippen LogP contribution in [-0.4, -0.2) is 33.2 Å². The molecule has 0 spiro atoms. The Labute approximate surface area is 149 Å². The van der Waals surface area contributed by atoms with Gasteiger partial charge in [0.2, 0.25) is 5.91 Å². The van der Waals surface area contributed by atoms with E-state index in [1.165, 1.54) is 0 Å². The number of anilines is 1. The summed E-state index contributed by atoms with van der Waals surface area (Å²) in [6, 6.07) is 7.21. The topological polar surface area (TPSA) is 59.6 Å². The predicted octanol–water partition coefficient (Wildman–Crippen LogP) is 2.89. The fraction of sp³-hybridized carbons (Fsp3) is 0.278. The van der Waals surface area contributed by atoms with Crippen LogP contribution in [-0.2, 0) is 11.2 Å². The number of nitrogens with one attached hydrogen (secondary N) is 2. The van der Waals surface area contributed by atoms with Crippen LogP contribution in [0.5, 0.6) is 11.5 Å². The molecule has 8 heteroatoms. The lowest BCUT2D eigenvalue weighted by Gasteiger charge is -2.10. The maximum Gasteiger partial charge on any atom is 0.238 e. The highest BCUT2D eigenvalue weighted by Crippen LogP contribution is 2.27. The highest BCUT2D eigenvalue weighted by molar-refractivity contribution is 5.92. The fourth-order valence-electron chi connectivity index (χ4n) is 2.29. The van der Waals surface area contributed by atoms with Crippen molar-refractivity contribution >= 4 is 11.6 Å². The Morgan fingerprint density at radius 3 is 2.42 bits per heavy atom. The molecule has 2 aromatic carbocycles. The smallest absolute Gasteiger partial charge is 0.238 e. The van der Waals surface area contributed by atoms with Crippen molar-refractivity contribution in [3.63, 3.8) is 0 Å². The molecule has 0 saturated carbocycles. The van der Waals surface area contributed by atoms with Crippen molar-refractivity contribution in [2.24, 2.45) is 0 Å². The standard InChI is InChI=1S/C18H19F3N2O3/c1-25-14-6-3-11(9-15(14)26-2)7-8-22-10-16(24)23-13-5-4-12(19)17(20)18(13)21/h3-6,9,22H,7-8,10H2,1-2H3,(H,23,24). The molecule has 0 aliphatic heterocycles. The van der Waals surface area contributed by atoms with Gasteiger partial charge in [0.25, 0.3) is 0 Å². The van der Waals surface area contributed by atoms with Gasteiger partial charge in [-0.1, -0.05) is 6.07 Å². The average Bonchev–Trinajstić information content (AvgIpc) is 2.65. The van der Waals surface area contributed by atoms with Gasteiger partial charge in [-0.15, -0.1) is 0 Å². The quantitative estimate of drug-likeness (QED) is 0.556. The third-order valence-corrected chi connectivity index (χ3v) is 3.63. The van der Waals surface area contributed by atoms with Crippen molar-refractivity contribution in [2.45, 2.75) is 6.42 Å². The second-order valence-corrected chi connectivity index (χ2v) is 5.39. The first kappa shape index (κ1) is 19.6. The van der Waals surface area contributed by atoms with E-state index in [1.54, 1.807) is 20.3 Å². The summed E-state index contributed by atoms with van der Waals surface area (Å²) in [6.45, 7) is 0.370. The molecule has 0 saturated heterocycles. The number of benzene rings is 2. The molecule has 5 nitrogen and oxygen atoms in total. The van der Waals surface area contributed by atoms with Crippen LogP contribution in [0.4, 0.5) is 18.9 Å². The SMILES string of the molecule is COc1ccc(CCNCC(=O)Nc2ccc(F)c(F)c2F)cc1OC. The molecule has 26 heavy (non-hydrogen) atoms. The van der Waals surface area contributed by atoms with E-state index in [-0.39, 0.29) is 6.54 Å². The molecule has 0 aliphatic carbocycles. The van der Waals surface area contributed by atoms with E-state index in [9.17, 15) is 18.0 Å². The number of amides is 1. The Hall–Kier alpha value is -2.74. The minimum atomic E-state index is -1.62. The van der Waals surface area contributed by atoms with Crippen molar-refractivity contribution in [2.75, 3.05) is 32.6 Å². The van der Waals surface area contributed by atoms with E-state index >= 15 is 0 Å². The van der Waals surface area contributed by atoms with Gasteiger partial charge in [0.15, 0.2) is 29.0 Å². The lowest BCUT2D eigenvalue weighted by atomic mass is 10.1. The van der Waals surface area contributed by atoms with Crippen LogP contribution < -0.4 is 20.1 Å². The van der Waals surface area contributed by atoms with E-state index in [1.807, 2.05) is 12.1 Å². The van der Waals surface area contributed by atoms with Gasteiger partial charge in [-0.25, -0.2) is 13.2 Å². The molecule has 0 fully saturated rings. The lowest BCUT2D eigenvalue weighted by molar-refractivity contribution is -0.115. The molecule has 0 radical (unpaired) electrons. The first-order valence-electron chi connectivity index (χ1n) is 7.81. The van der Waals surface area contributed by atoms with Crippen LogP contribution in [0.3, 0.4) is 0 Å². The molecule has 0 bridgehead atoms. The van der Waals surface area contributed by atoms with Gasteiger partial charge in [0.05, 0.1) is 26.5 Å². The van der Waals surface area contributed by atoms with E-state index < -0.39 is 29.0 Å². The van der Waals surface area contributed by atoms with Gasteiger partial charge in [-0.2, -0.15) is 0 Å². The lowest BCUT2D eigenvalue weighted by Crippen LogP contribution is -2.29. The first-order chi connectivity index (χ1) is 12.5. The predicted molar refractivity (Wildman–Crippen MR) is 91.1 cm³/mol. The van der Waals surface area contributed by atoms with Gasteiger partial charge in [0, 0.05) is 0 Å². The number of methoxy groups -OCH3 is 2. The number of halogens is 3. The first-order valence-corrected chi connectivity index (χ1v) is 7.81. The Balaban J connectivity index is 1.81. The number of ether oxygens (including phenoxy) is 2. The van der Waals surface area contributed by atoms with E-state index in [0.717, 1.165) is 17.7 Å². The largest absolute Gasteiger partial charge is 0.493 e. The molecule has 1 amide bonds. The molecule has 0 unspecified atom stereocenters. The van der Waals surface area contributed by atoms with Crippen molar-refractivity contribution in [3.05, 3.63) is 53.3 Å². The Kier molecular flexibility index (Phi) is 6.85. The average molecular weight is 368 g/mol. The number of rotatable bonds is 8. The monoisotopic (exact) mass is 368 g/mol. The molecule has 2 N–H and O–H groups in total.